The van der Waals surface area contributed by atoms with Crippen LogP contribution in [0.25, 0.3) is 11.1 Å². The largest absolute Gasteiger partial charge is 0.423 e. The van der Waals surface area contributed by atoms with Gasteiger partial charge in [0, 0.05) is 0 Å². The van der Waals surface area contributed by atoms with Crippen LogP contribution in [0, 0.1) is 6.92 Å². The van der Waals surface area contributed by atoms with E-state index in [-0.39, 0.29) is 5.97 Å². The Morgan fingerprint density at radius 2 is 1.32 bits per heavy atom. The third kappa shape index (κ3) is 3.07. The van der Waals surface area contributed by atoms with Gasteiger partial charge in [0.25, 0.3) is 0 Å². The van der Waals surface area contributed by atoms with Crippen LogP contribution in [0.4, 0.5) is 0 Å². The van der Waals surface area contributed by atoms with Crippen molar-refractivity contribution in [3.8, 4) is 16.9 Å². The molecule has 2 heteroatoms. The van der Waals surface area contributed by atoms with Crippen LogP contribution in [-0.2, 0) is 0 Å². The molecule has 0 saturated carbocycles. The molecule has 0 fully saturated rings. The standard InChI is InChI=1S/C20H16O2/c1-15-7-5-6-10-19(15)20(21)22-18-13-11-17(12-14-18)16-8-3-2-4-9-16/h2-14H,1H3. The molecule has 0 atom stereocenters. The highest BCUT2D eigenvalue weighted by atomic mass is 16.5. The second-order valence-corrected chi connectivity index (χ2v) is 5.09. The fourth-order valence-corrected chi connectivity index (χ4v) is 2.31. The van der Waals surface area contributed by atoms with Crippen molar-refractivity contribution in [2.24, 2.45) is 0 Å². The Morgan fingerprint density at radius 1 is 0.727 bits per heavy atom. The topological polar surface area (TPSA) is 26.3 Å². The summed E-state index contributed by atoms with van der Waals surface area (Å²) in [6.07, 6.45) is 0. The second kappa shape index (κ2) is 6.27. The summed E-state index contributed by atoms with van der Waals surface area (Å²) in [6.45, 7) is 1.90. The van der Waals surface area contributed by atoms with E-state index in [0.717, 1.165) is 16.7 Å². The number of carbonyl (C=O) groups is 1. The number of carbonyl (C=O) groups excluding carboxylic acids is 1. The number of ether oxygens (including phenoxy) is 1. The summed E-state index contributed by atoms with van der Waals surface area (Å²) in [7, 11) is 0. The molecule has 0 N–H and O–H groups in total. The smallest absolute Gasteiger partial charge is 0.343 e. The van der Waals surface area contributed by atoms with Crippen molar-refractivity contribution < 1.29 is 9.53 Å². The number of hydrogen-bond acceptors (Lipinski definition) is 2. The third-order valence-electron chi connectivity index (χ3n) is 3.54. The van der Waals surface area contributed by atoms with Gasteiger partial charge in [-0.05, 0) is 41.8 Å². The van der Waals surface area contributed by atoms with Gasteiger partial charge in [0.2, 0.25) is 0 Å². The summed E-state index contributed by atoms with van der Waals surface area (Å²) in [5.41, 5.74) is 3.73. The summed E-state index contributed by atoms with van der Waals surface area (Å²) >= 11 is 0. The van der Waals surface area contributed by atoms with E-state index in [0.29, 0.717) is 11.3 Å². The molecule has 0 aliphatic rings. The van der Waals surface area contributed by atoms with Crippen molar-refractivity contribution >= 4 is 5.97 Å². The molecular weight excluding hydrogens is 272 g/mol. The van der Waals surface area contributed by atoms with Gasteiger partial charge in [-0.25, -0.2) is 4.79 Å². The lowest BCUT2D eigenvalue weighted by atomic mass is 10.1. The molecule has 0 radical (unpaired) electrons. The summed E-state index contributed by atoms with van der Waals surface area (Å²) < 4.78 is 5.43. The fourth-order valence-electron chi connectivity index (χ4n) is 2.31. The number of aryl methyl sites for hydroxylation is 1. The molecule has 0 saturated heterocycles. The van der Waals surface area contributed by atoms with Crippen LogP contribution >= 0.6 is 0 Å². The van der Waals surface area contributed by atoms with Gasteiger partial charge < -0.3 is 4.74 Å². The molecule has 0 aromatic heterocycles. The number of rotatable bonds is 3. The normalized spacial score (nSPS) is 10.2. The first-order valence-corrected chi connectivity index (χ1v) is 7.17. The first-order chi connectivity index (χ1) is 10.7. The van der Waals surface area contributed by atoms with E-state index < -0.39 is 0 Å². The third-order valence-corrected chi connectivity index (χ3v) is 3.54. The minimum Gasteiger partial charge on any atom is -0.423 e. The maximum atomic E-state index is 12.2. The minimum atomic E-state index is -0.328. The van der Waals surface area contributed by atoms with Crippen molar-refractivity contribution in [3.63, 3.8) is 0 Å². The van der Waals surface area contributed by atoms with Crippen LogP contribution in [0.15, 0.2) is 78.9 Å². The first kappa shape index (κ1) is 14.1. The number of benzene rings is 3. The van der Waals surface area contributed by atoms with E-state index in [4.69, 9.17) is 4.74 Å². The van der Waals surface area contributed by atoms with Crippen LogP contribution in [0.1, 0.15) is 15.9 Å². The predicted molar refractivity (Wildman–Crippen MR) is 88.0 cm³/mol. The summed E-state index contributed by atoms with van der Waals surface area (Å²) in [5.74, 6) is 0.221. The van der Waals surface area contributed by atoms with Gasteiger partial charge >= 0.3 is 5.97 Å². The van der Waals surface area contributed by atoms with Gasteiger partial charge in [-0.15, -0.1) is 0 Å². The Kier molecular flexibility index (Phi) is 4.01. The summed E-state index contributed by atoms with van der Waals surface area (Å²) in [6, 6.07) is 25.0. The van der Waals surface area contributed by atoms with Gasteiger partial charge in [-0.2, -0.15) is 0 Å². The van der Waals surface area contributed by atoms with Crippen molar-refractivity contribution in [2.75, 3.05) is 0 Å². The molecule has 22 heavy (non-hydrogen) atoms. The maximum absolute atomic E-state index is 12.2. The Hall–Kier alpha value is -2.87. The van der Waals surface area contributed by atoms with Crippen LogP contribution in [0.5, 0.6) is 5.75 Å². The van der Waals surface area contributed by atoms with Crippen molar-refractivity contribution in [1.82, 2.24) is 0 Å². The zero-order valence-corrected chi connectivity index (χ0v) is 12.3. The molecule has 0 amide bonds. The van der Waals surface area contributed by atoms with E-state index in [1.54, 1.807) is 6.07 Å². The lowest BCUT2D eigenvalue weighted by molar-refractivity contribution is 0.0734. The fraction of sp³-hybridized carbons (Fsp3) is 0.0500. The molecule has 0 unspecified atom stereocenters. The van der Waals surface area contributed by atoms with E-state index in [2.05, 4.69) is 0 Å². The molecule has 3 rings (SSSR count). The second-order valence-electron chi connectivity index (χ2n) is 5.09. The molecule has 3 aromatic rings. The Bertz CT molecular complexity index is 774. The van der Waals surface area contributed by atoms with Crippen LogP contribution < -0.4 is 4.74 Å². The minimum absolute atomic E-state index is 0.328. The quantitative estimate of drug-likeness (QED) is 0.507. The monoisotopic (exact) mass is 288 g/mol. The van der Waals surface area contributed by atoms with Crippen LogP contribution in [-0.4, -0.2) is 5.97 Å². The summed E-state index contributed by atoms with van der Waals surface area (Å²) in [5, 5.41) is 0. The van der Waals surface area contributed by atoms with Gasteiger partial charge in [-0.3, -0.25) is 0 Å². The molecule has 0 aliphatic carbocycles. The Labute approximate surface area is 130 Å². The molecule has 0 bridgehead atoms. The van der Waals surface area contributed by atoms with E-state index in [9.17, 15) is 4.79 Å². The van der Waals surface area contributed by atoms with E-state index >= 15 is 0 Å². The average molecular weight is 288 g/mol. The van der Waals surface area contributed by atoms with Crippen molar-refractivity contribution in [3.05, 3.63) is 90.0 Å². The molecule has 3 aromatic carbocycles. The highest BCUT2D eigenvalue weighted by Crippen LogP contribution is 2.22. The molecule has 0 aliphatic heterocycles. The Morgan fingerprint density at radius 3 is 2.00 bits per heavy atom. The lowest BCUT2D eigenvalue weighted by Gasteiger charge is -2.07. The van der Waals surface area contributed by atoms with E-state index in [1.807, 2.05) is 79.7 Å². The molecule has 2 nitrogen and oxygen atoms in total. The molecule has 0 heterocycles. The predicted octanol–water partition coefficient (Wildman–Crippen LogP) is 4.88. The van der Waals surface area contributed by atoms with E-state index in [1.165, 1.54) is 0 Å². The lowest BCUT2D eigenvalue weighted by Crippen LogP contribution is -2.09. The SMILES string of the molecule is Cc1ccccc1C(=O)Oc1ccc(-c2ccccc2)cc1. The molecular formula is C20H16O2. The zero-order valence-electron chi connectivity index (χ0n) is 12.3. The van der Waals surface area contributed by atoms with Crippen LogP contribution in [0.3, 0.4) is 0 Å². The van der Waals surface area contributed by atoms with Crippen LogP contribution in [0.2, 0.25) is 0 Å². The Balaban J connectivity index is 1.77. The van der Waals surface area contributed by atoms with Crippen molar-refractivity contribution in [1.29, 1.82) is 0 Å². The highest BCUT2D eigenvalue weighted by molar-refractivity contribution is 5.92. The maximum Gasteiger partial charge on any atom is 0.343 e. The average Bonchev–Trinajstić information content (AvgIpc) is 2.57. The number of esters is 1. The summed E-state index contributed by atoms with van der Waals surface area (Å²) in [4.78, 5) is 12.2. The molecule has 0 spiro atoms. The van der Waals surface area contributed by atoms with Gasteiger partial charge in [0.15, 0.2) is 0 Å². The van der Waals surface area contributed by atoms with Gasteiger partial charge in [0.1, 0.15) is 5.75 Å². The van der Waals surface area contributed by atoms with Gasteiger partial charge in [-0.1, -0.05) is 60.7 Å². The first-order valence-electron chi connectivity index (χ1n) is 7.17. The zero-order chi connectivity index (χ0) is 15.4. The highest BCUT2D eigenvalue weighted by Gasteiger charge is 2.10. The number of hydrogen-bond donors (Lipinski definition) is 0. The molecule has 108 valence electrons. The van der Waals surface area contributed by atoms with Gasteiger partial charge in [0.05, 0.1) is 5.56 Å². The van der Waals surface area contributed by atoms with Crippen molar-refractivity contribution in [2.45, 2.75) is 6.92 Å².